The third kappa shape index (κ3) is 1.67. The molecule has 3 rings (SSSR count). The zero-order valence-corrected chi connectivity index (χ0v) is 9.65. The molecule has 0 aromatic carbocycles. The molecular weight excluding hydrogens is 211 g/mol. The second kappa shape index (κ2) is 3.93. The Kier molecular flexibility index (Phi) is 2.68. The van der Waals surface area contributed by atoms with Crippen LogP contribution in [-0.4, -0.2) is 38.4 Å². The number of rotatable bonds is 1. The summed E-state index contributed by atoms with van der Waals surface area (Å²) in [7, 11) is 1.60. The van der Waals surface area contributed by atoms with Gasteiger partial charge in [0.25, 0.3) is 0 Å². The van der Waals surface area contributed by atoms with Gasteiger partial charge < -0.3 is 14.2 Å². The van der Waals surface area contributed by atoms with Gasteiger partial charge in [0.1, 0.15) is 6.17 Å². The summed E-state index contributed by atoms with van der Waals surface area (Å²) in [6, 6.07) is 0. The van der Waals surface area contributed by atoms with Gasteiger partial charge in [0, 0.05) is 20.0 Å². The molecule has 1 spiro atoms. The minimum absolute atomic E-state index is 0.224. The highest BCUT2D eigenvalue weighted by atomic mass is 19.1. The fourth-order valence-electron chi connectivity index (χ4n) is 3.63. The van der Waals surface area contributed by atoms with Crippen molar-refractivity contribution in [1.82, 2.24) is 0 Å². The van der Waals surface area contributed by atoms with Gasteiger partial charge in [0.15, 0.2) is 5.79 Å². The van der Waals surface area contributed by atoms with Crippen molar-refractivity contribution in [2.75, 3.05) is 20.3 Å². The maximum absolute atomic E-state index is 13.8. The van der Waals surface area contributed by atoms with E-state index in [1.54, 1.807) is 7.11 Å². The molecule has 0 N–H and O–H groups in total. The molecule has 4 heteroatoms. The Morgan fingerprint density at radius 1 is 1.12 bits per heavy atom. The molecule has 16 heavy (non-hydrogen) atoms. The van der Waals surface area contributed by atoms with Gasteiger partial charge in [-0.05, 0) is 24.7 Å². The minimum Gasteiger partial charge on any atom is -0.378 e. The standard InChI is InChI=1S/C12H19FO3/c1-14-11-5-9-7-12(15-2-3-16-12)6-8(9)4-10(11)13/h8-11H,2-7H2,1H3/t8-,9+,10-,11-/m0/s1. The number of alkyl halides is 1. The van der Waals surface area contributed by atoms with E-state index in [-0.39, 0.29) is 11.9 Å². The molecule has 2 saturated carbocycles. The summed E-state index contributed by atoms with van der Waals surface area (Å²) in [4.78, 5) is 0. The summed E-state index contributed by atoms with van der Waals surface area (Å²) in [5.41, 5.74) is 0. The topological polar surface area (TPSA) is 27.7 Å². The third-order valence-electron chi connectivity index (χ3n) is 4.40. The predicted octanol–water partition coefficient (Wildman–Crippen LogP) is 1.90. The second-order valence-electron chi connectivity index (χ2n) is 5.30. The fourth-order valence-corrected chi connectivity index (χ4v) is 3.63. The first-order valence-corrected chi connectivity index (χ1v) is 6.17. The van der Waals surface area contributed by atoms with Crippen LogP contribution in [0.25, 0.3) is 0 Å². The van der Waals surface area contributed by atoms with Crippen LogP contribution in [0.4, 0.5) is 4.39 Å². The van der Waals surface area contributed by atoms with Crippen LogP contribution < -0.4 is 0 Å². The molecule has 3 fully saturated rings. The van der Waals surface area contributed by atoms with Gasteiger partial charge in [-0.15, -0.1) is 0 Å². The summed E-state index contributed by atoms with van der Waals surface area (Å²) in [6.45, 7) is 1.37. The van der Waals surface area contributed by atoms with Gasteiger partial charge in [-0.2, -0.15) is 0 Å². The van der Waals surface area contributed by atoms with E-state index in [0.29, 0.717) is 31.5 Å². The van der Waals surface area contributed by atoms with Crippen molar-refractivity contribution in [3.8, 4) is 0 Å². The first kappa shape index (κ1) is 10.9. The summed E-state index contributed by atoms with van der Waals surface area (Å²) in [5.74, 6) is 0.548. The van der Waals surface area contributed by atoms with Crippen molar-refractivity contribution in [1.29, 1.82) is 0 Å². The van der Waals surface area contributed by atoms with Gasteiger partial charge >= 0.3 is 0 Å². The van der Waals surface area contributed by atoms with Crippen LogP contribution in [0.2, 0.25) is 0 Å². The minimum atomic E-state index is -0.817. The molecule has 92 valence electrons. The van der Waals surface area contributed by atoms with Crippen molar-refractivity contribution in [3.63, 3.8) is 0 Å². The van der Waals surface area contributed by atoms with Crippen LogP contribution >= 0.6 is 0 Å². The molecule has 1 heterocycles. The lowest BCUT2D eigenvalue weighted by Crippen LogP contribution is -2.35. The molecule has 0 radical (unpaired) electrons. The summed E-state index contributed by atoms with van der Waals surface area (Å²) in [5, 5.41) is 0. The van der Waals surface area contributed by atoms with E-state index >= 15 is 0 Å². The maximum Gasteiger partial charge on any atom is 0.169 e. The molecular formula is C12H19FO3. The van der Waals surface area contributed by atoms with Gasteiger partial charge in [0.05, 0.1) is 19.3 Å². The molecule has 1 aliphatic heterocycles. The maximum atomic E-state index is 13.8. The Morgan fingerprint density at radius 2 is 1.75 bits per heavy atom. The van der Waals surface area contributed by atoms with E-state index in [0.717, 1.165) is 19.3 Å². The monoisotopic (exact) mass is 230 g/mol. The van der Waals surface area contributed by atoms with E-state index in [9.17, 15) is 4.39 Å². The van der Waals surface area contributed by atoms with Crippen LogP contribution in [0.5, 0.6) is 0 Å². The summed E-state index contributed by atoms with van der Waals surface area (Å²) in [6.07, 6.45) is 2.17. The van der Waals surface area contributed by atoms with Crippen molar-refractivity contribution in [3.05, 3.63) is 0 Å². The first-order chi connectivity index (χ1) is 7.72. The Bertz CT molecular complexity index is 265. The fraction of sp³-hybridized carbons (Fsp3) is 1.00. The average Bonchev–Trinajstić information content (AvgIpc) is 2.84. The molecule has 0 aromatic rings. The molecule has 0 unspecified atom stereocenters. The van der Waals surface area contributed by atoms with Gasteiger partial charge in [-0.1, -0.05) is 0 Å². The average molecular weight is 230 g/mol. The molecule has 1 saturated heterocycles. The smallest absolute Gasteiger partial charge is 0.169 e. The number of methoxy groups -OCH3 is 1. The Morgan fingerprint density at radius 3 is 2.38 bits per heavy atom. The normalized spacial score (nSPS) is 46.1. The first-order valence-electron chi connectivity index (χ1n) is 6.17. The Hall–Kier alpha value is -0.190. The summed E-state index contributed by atoms with van der Waals surface area (Å²) >= 11 is 0. The van der Waals surface area contributed by atoms with E-state index in [1.807, 2.05) is 0 Å². The molecule has 3 nitrogen and oxygen atoms in total. The van der Waals surface area contributed by atoms with Gasteiger partial charge in [-0.3, -0.25) is 0 Å². The highest BCUT2D eigenvalue weighted by Gasteiger charge is 2.52. The lowest BCUT2D eigenvalue weighted by atomic mass is 9.79. The Labute approximate surface area is 95.2 Å². The number of ether oxygens (including phenoxy) is 3. The SMILES string of the molecule is CO[C@H]1C[C@@H]2CC3(C[C@@H]2C[C@@H]1F)OCCO3. The van der Waals surface area contributed by atoms with Crippen LogP contribution in [-0.2, 0) is 14.2 Å². The van der Waals surface area contributed by atoms with E-state index in [1.165, 1.54) is 0 Å². The zero-order chi connectivity index (χ0) is 11.2. The lowest BCUT2D eigenvalue weighted by molar-refractivity contribution is -0.154. The molecule has 3 aliphatic rings. The second-order valence-corrected chi connectivity index (χ2v) is 5.30. The van der Waals surface area contributed by atoms with Crippen LogP contribution in [0.15, 0.2) is 0 Å². The van der Waals surface area contributed by atoms with E-state index in [2.05, 4.69) is 0 Å². The predicted molar refractivity (Wildman–Crippen MR) is 55.8 cm³/mol. The quantitative estimate of drug-likeness (QED) is 0.688. The number of hydrogen-bond donors (Lipinski definition) is 0. The molecule has 0 aromatic heterocycles. The van der Waals surface area contributed by atoms with Crippen molar-refractivity contribution < 1.29 is 18.6 Å². The number of fused-ring (bicyclic) bond motifs is 1. The number of hydrogen-bond acceptors (Lipinski definition) is 3. The Balaban J connectivity index is 1.71. The molecule has 4 atom stereocenters. The van der Waals surface area contributed by atoms with E-state index < -0.39 is 6.17 Å². The molecule has 0 bridgehead atoms. The zero-order valence-electron chi connectivity index (χ0n) is 9.65. The number of halogens is 1. The van der Waals surface area contributed by atoms with Crippen LogP contribution in [0.1, 0.15) is 25.7 Å². The molecule has 2 aliphatic carbocycles. The largest absolute Gasteiger partial charge is 0.378 e. The van der Waals surface area contributed by atoms with Crippen LogP contribution in [0.3, 0.4) is 0 Å². The third-order valence-corrected chi connectivity index (χ3v) is 4.40. The van der Waals surface area contributed by atoms with Gasteiger partial charge in [-0.25, -0.2) is 4.39 Å². The highest BCUT2D eigenvalue weighted by molar-refractivity contribution is 4.98. The van der Waals surface area contributed by atoms with Gasteiger partial charge in [0.2, 0.25) is 0 Å². The van der Waals surface area contributed by atoms with Crippen molar-refractivity contribution in [2.45, 2.75) is 43.7 Å². The van der Waals surface area contributed by atoms with E-state index in [4.69, 9.17) is 14.2 Å². The highest BCUT2D eigenvalue weighted by Crippen LogP contribution is 2.51. The van der Waals surface area contributed by atoms with Crippen molar-refractivity contribution in [2.24, 2.45) is 11.8 Å². The lowest BCUT2D eigenvalue weighted by Gasteiger charge is -2.33. The molecule has 0 amide bonds. The van der Waals surface area contributed by atoms with Crippen molar-refractivity contribution >= 4 is 0 Å². The van der Waals surface area contributed by atoms with Crippen LogP contribution in [0, 0.1) is 11.8 Å². The summed E-state index contributed by atoms with van der Waals surface area (Å²) < 4.78 is 30.4.